The molecule has 2 bridgehead atoms. The minimum absolute atomic E-state index is 0.720. The monoisotopic (exact) mass is 162 g/mol. The summed E-state index contributed by atoms with van der Waals surface area (Å²) in [4.78, 5) is 0. The maximum atomic E-state index is 2.53. The Bertz CT molecular complexity index is 240. The van der Waals surface area contributed by atoms with Crippen molar-refractivity contribution in [1.29, 1.82) is 0 Å². The lowest BCUT2D eigenvalue weighted by molar-refractivity contribution is 0.149. The molecule has 0 aliphatic heterocycles. The van der Waals surface area contributed by atoms with Gasteiger partial charge in [0.25, 0.3) is 0 Å². The Hall–Kier alpha value is -0.260. The molecule has 0 aromatic heterocycles. The highest BCUT2D eigenvalue weighted by Gasteiger charge is 2.56. The Morgan fingerprint density at radius 1 is 1.33 bits per heavy atom. The van der Waals surface area contributed by atoms with Crippen molar-refractivity contribution in [3.8, 4) is 0 Å². The Kier molecular flexibility index (Phi) is 1.18. The van der Waals surface area contributed by atoms with Gasteiger partial charge in [0.1, 0.15) is 0 Å². The first kappa shape index (κ1) is 7.17. The predicted octanol–water partition coefficient (Wildman–Crippen LogP) is 3.24. The molecule has 0 N–H and O–H groups in total. The number of hydrogen-bond donors (Lipinski definition) is 0. The number of allylic oxidation sites excluding steroid dienone is 2. The van der Waals surface area contributed by atoms with Crippen molar-refractivity contribution in [2.45, 2.75) is 33.1 Å². The maximum Gasteiger partial charge on any atom is -0.0166 e. The molecular weight excluding hydrogens is 144 g/mol. The number of hydrogen-bond acceptors (Lipinski definition) is 0. The molecule has 0 aromatic carbocycles. The van der Waals surface area contributed by atoms with Crippen LogP contribution in [0.4, 0.5) is 0 Å². The Morgan fingerprint density at radius 2 is 2.17 bits per heavy atom. The van der Waals surface area contributed by atoms with Gasteiger partial charge in [-0.05, 0) is 48.3 Å². The van der Waals surface area contributed by atoms with E-state index in [0.29, 0.717) is 0 Å². The van der Waals surface area contributed by atoms with Crippen molar-refractivity contribution in [3.05, 3.63) is 12.2 Å². The van der Waals surface area contributed by atoms with Gasteiger partial charge in [0.15, 0.2) is 0 Å². The van der Waals surface area contributed by atoms with E-state index in [4.69, 9.17) is 0 Å². The molecule has 3 aliphatic carbocycles. The van der Waals surface area contributed by atoms with E-state index in [0.717, 1.165) is 29.1 Å². The zero-order valence-electron chi connectivity index (χ0n) is 8.09. The first-order chi connectivity index (χ1) is 5.71. The zero-order chi connectivity index (χ0) is 8.34. The van der Waals surface area contributed by atoms with Crippen LogP contribution < -0.4 is 0 Å². The molecule has 0 heterocycles. The summed E-state index contributed by atoms with van der Waals surface area (Å²) in [7, 11) is 0. The highest BCUT2D eigenvalue weighted by molar-refractivity contribution is 5.18. The third kappa shape index (κ3) is 0.654. The molecule has 2 fully saturated rings. The van der Waals surface area contributed by atoms with Crippen molar-refractivity contribution < 1.29 is 0 Å². The molecule has 5 atom stereocenters. The Labute approximate surface area is 75.0 Å². The topological polar surface area (TPSA) is 0 Å². The Balaban J connectivity index is 2.02. The van der Waals surface area contributed by atoms with Gasteiger partial charge in [0.05, 0.1) is 0 Å². The van der Waals surface area contributed by atoms with Crippen LogP contribution in [0.5, 0.6) is 0 Å². The molecule has 0 aromatic rings. The number of fused-ring (bicyclic) bond motifs is 5. The van der Waals surface area contributed by atoms with Gasteiger partial charge < -0.3 is 0 Å². The van der Waals surface area contributed by atoms with Gasteiger partial charge >= 0.3 is 0 Å². The molecule has 0 nitrogen and oxygen atoms in total. The summed E-state index contributed by atoms with van der Waals surface area (Å²) in [5.74, 6) is 3.90. The molecule has 0 heteroatoms. The summed E-state index contributed by atoms with van der Waals surface area (Å²) in [5, 5.41) is 0. The minimum atomic E-state index is 0.720. The SMILES string of the molecule is CC1C=CC2C3CCC(C)(C3)C12. The van der Waals surface area contributed by atoms with Crippen LogP contribution in [0.1, 0.15) is 33.1 Å². The number of rotatable bonds is 0. The lowest BCUT2D eigenvalue weighted by Gasteiger charge is -2.35. The van der Waals surface area contributed by atoms with Crippen molar-refractivity contribution in [2.24, 2.45) is 29.1 Å². The zero-order valence-corrected chi connectivity index (χ0v) is 8.09. The van der Waals surface area contributed by atoms with Crippen LogP contribution in [0.25, 0.3) is 0 Å². The molecule has 3 rings (SSSR count). The standard InChI is InChI=1S/C12H18/c1-8-3-4-10-9-5-6-12(2,7-9)11(8)10/h3-4,8-11H,5-7H2,1-2H3. The van der Waals surface area contributed by atoms with E-state index in [9.17, 15) is 0 Å². The van der Waals surface area contributed by atoms with Gasteiger partial charge in [-0.15, -0.1) is 0 Å². The van der Waals surface area contributed by atoms with E-state index in [1.807, 2.05) is 0 Å². The van der Waals surface area contributed by atoms with Crippen LogP contribution in [-0.2, 0) is 0 Å². The second-order valence-electron chi connectivity index (χ2n) is 5.50. The van der Waals surface area contributed by atoms with Gasteiger partial charge in [-0.2, -0.15) is 0 Å². The molecule has 2 saturated carbocycles. The summed E-state index contributed by atoms with van der Waals surface area (Å²) in [6, 6.07) is 0. The average Bonchev–Trinajstić information content (AvgIpc) is 2.61. The van der Waals surface area contributed by atoms with Crippen molar-refractivity contribution in [2.75, 3.05) is 0 Å². The first-order valence-corrected chi connectivity index (χ1v) is 5.39. The van der Waals surface area contributed by atoms with Crippen LogP contribution in [-0.4, -0.2) is 0 Å². The van der Waals surface area contributed by atoms with Gasteiger partial charge in [-0.3, -0.25) is 0 Å². The third-order valence-electron chi connectivity index (χ3n) is 4.78. The summed E-state index contributed by atoms with van der Waals surface area (Å²) in [6.07, 6.45) is 9.52. The molecule has 0 saturated heterocycles. The van der Waals surface area contributed by atoms with Gasteiger partial charge in [0, 0.05) is 0 Å². The highest BCUT2D eigenvalue weighted by Crippen LogP contribution is 2.64. The largest absolute Gasteiger partial charge is 0.0851 e. The van der Waals surface area contributed by atoms with Crippen LogP contribution >= 0.6 is 0 Å². The lowest BCUT2D eigenvalue weighted by atomic mass is 9.69. The molecule has 0 amide bonds. The van der Waals surface area contributed by atoms with E-state index in [1.54, 1.807) is 0 Å². The average molecular weight is 162 g/mol. The highest BCUT2D eigenvalue weighted by atomic mass is 14.6. The van der Waals surface area contributed by atoms with Gasteiger partial charge in [0.2, 0.25) is 0 Å². The third-order valence-corrected chi connectivity index (χ3v) is 4.78. The lowest BCUT2D eigenvalue weighted by Crippen LogP contribution is -2.29. The quantitative estimate of drug-likeness (QED) is 0.480. The van der Waals surface area contributed by atoms with Crippen LogP contribution in [0.3, 0.4) is 0 Å². The molecule has 0 spiro atoms. The fourth-order valence-electron chi connectivity index (χ4n) is 4.39. The van der Waals surface area contributed by atoms with E-state index in [1.165, 1.54) is 19.3 Å². The van der Waals surface area contributed by atoms with Gasteiger partial charge in [-0.25, -0.2) is 0 Å². The summed E-state index contributed by atoms with van der Waals surface area (Å²) < 4.78 is 0. The maximum absolute atomic E-state index is 2.53. The molecule has 5 unspecified atom stereocenters. The second-order valence-corrected chi connectivity index (χ2v) is 5.50. The van der Waals surface area contributed by atoms with Crippen LogP contribution in [0.15, 0.2) is 12.2 Å². The van der Waals surface area contributed by atoms with Crippen molar-refractivity contribution in [1.82, 2.24) is 0 Å². The fraction of sp³-hybridized carbons (Fsp3) is 0.833. The van der Waals surface area contributed by atoms with Gasteiger partial charge in [-0.1, -0.05) is 26.0 Å². The molecule has 12 heavy (non-hydrogen) atoms. The summed E-state index contributed by atoms with van der Waals surface area (Å²) in [5.41, 5.74) is 0.720. The molecule has 3 aliphatic rings. The normalized spacial score (nSPS) is 61.2. The second kappa shape index (κ2) is 1.97. The summed E-state index contributed by atoms with van der Waals surface area (Å²) in [6.45, 7) is 4.94. The van der Waals surface area contributed by atoms with E-state index >= 15 is 0 Å². The van der Waals surface area contributed by atoms with E-state index in [2.05, 4.69) is 26.0 Å². The van der Waals surface area contributed by atoms with E-state index < -0.39 is 0 Å². The predicted molar refractivity (Wildman–Crippen MR) is 50.7 cm³/mol. The van der Waals surface area contributed by atoms with Crippen LogP contribution in [0, 0.1) is 29.1 Å². The Morgan fingerprint density at radius 3 is 2.92 bits per heavy atom. The van der Waals surface area contributed by atoms with Crippen molar-refractivity contribution >= 4 is 0 Å². The smallest absolute Gasteiger partial charge is 0.0166 e. The molecule has 0 radical (unpaired) electrons. The molecule has 66 valence electrons. The molecular formula is C12H18. The van der Waals surface area contributed by atoms with Crippen LogP contribution in [0.2, 0.25) is 0 Å². The van der Waals surface area contributed by atoms with E-state index in [-0.39, 0.29) is 0 Å². The fourth-order valence-corrected chi connectivity index (χ4v) is 4.39. The van der Waals surface area contributed by atoms with Crippen molar-refractivity contribution in [3.63, 3.8) is 0 Å². The minimum Gasteiger partial charge on any atom is -0.0851 e. The first-order valence-electron chi connectivity index (χ1n) is 5.39. The summed E-state index contributed by atoms with van der Waals surface area (Å²) >= 11 is 0.